The van der Waals surface area contributed by atoms with E-state index in [0.29, 0.717) is 19.3 Å². The molecule has 0 aromatic rings. The van der Waals surface area contributed by atoms with Crippen LogP contribution >= 0.6 is 0 Å². The average Bonchev–Trinajstić information content (AvgIpc) is 2.81. The molecule has 3 atom stereocenters. The van der Waals surface area contributed by atoms with Gasteiger partial charge in [0.15, 0.2) is 0 Å². The summed E-state index contributed by atoms with van der Waals surface area (Å²) >= 11 is 0. The van der Waals surface area contributed by atoms with Crippen molar-refractivity contribution in [2.24, 2.45) is 17.8 Å². The summed E-state index contributed by atoms with van der Waals surface area (Å²) < 4.78 is 0. The van der Waals surface area contributed by atoms with E-state index in [0.717, 1.165) is 57.8 Å². The molecule has 1 radical (unpaired) electrons. The molecule has 0 fully saturated rings. The number of carbonyl (C=O) groups excluding carboxylic acids is 3. The third kappa shape index (κ3) is 34.5. The SMILES string of the molecule is C=C(C)C(=O)O.CCCCC(CC)C(=O)[O-].CCCCC(CC)C(=O)[O-].CCCCC(CC)C(=O)[O-].[Zr+3]. The van der Waals surface area contributed by atoms with Gasteiger partial charge < -0.3 is 34.8 Å². The molecule has 8 nitrogen and oxygen atoms in total. The summed E-state index contributed by atoms with van der Waals surface area (Å²) in [5.41, 5.74) is 0.176. The van der Waals surface area contributed by atoms with Crippen molar-refractivity contribution in [3.05, 3.63) is 12.2 Å². The van der Waals surface area contributed by atoms with Gasteiger partial charge in [0, 0.05) is 23.5 Å². The zero-order valence-corrected chi connectivity index (χ0v) is 26.7. The third-order valence-electron chi connectivity index (χ3n) is 5.56. The molecule has 0 amide bonds. The first-order valence-corrected chi connectivity index (χ1v) is 13.3. The Morgan fingerprint density at radius 3 is 0.892 bits per heavy atom. The van der Waals surface area contributed by atoms with Crippen LogP contribution in [0.5, 0.6) is 0 Å². The fourth-order valence-electron chi connectivity index (χ4n) is 2.82. The number of hydrogen-bond donors (Lipinski definition) is 1. The molecule has 0 aliphatic rings. The minimum Gasteiger partial charge on any atom is -0.550 e. The summed E-state index contributed by atoms with van der Waals surface area (Å²) in [5, 5.41) is 38.9. The van der Waals surface area contributed by atoms with Gasteiger partial charge in [0.05, 0.1) is 0 Å². The molecule has 9 heteroatoms. The van der Waals surface area contributed by atoms with E-state index < -0.39 is 23.9 Å². The zero-order valence-electron chi connectivity index (χ0n) is 24.2. The first-order valence-electron chi connectivity index (χ1n) is 13.3. The van der Waals surface area contributed by atoms with E-state index in [1.54, 1.807) is 0 Å². The maximum absolute atomic E-state index is 10.3. The second kappa shape index (κ2) is 32.5. The van der Waals surface area contributed by atoms with E-state index in [2.05, 4.69) is 27.4 Å². The van der Waals surface area contributed by atoms with E-state index >= 15 is 0 Å². The molecule has 37 heavy (non-hydrogen) atoms. The molecular weight excluding hydrogens is 556 g/mol. The van der Waals surface area contributed by atoms with Gasteiger partial charge in [-0.05, 0) is 63.2 Å². The second-order valence-corrected chi connectivity index (χ2v) is 8.78. The van der Waals surface area contributed by atoms with Gasteiger partial charge in [0.2, 0.25) is 0 Å². The number of hydrogen-bond acceptors (Lipinski definition) is 7. The molecular formula is C28H51O8Zr. The van der Waals surface area contributed by atoms with Crippen LogP contribution < -0.4 is 15.3 Å². The minimum absolute atomic E-state index is 0. The second-order valence-electron chi connectivity index (χ2n) is 8.78. The number of rotatable bonds is 16. The Morgan fingerprint density at radius 1 is 0.622 bits per heavy atom. The average molecular weight is 607 g/mol. The Kier molecular flexibility index (Phi) is 39.9. The molecule has 0 bridgehead atoms. The summed E-state index contributed by atoms with van der Waals surface area (Å²) in [5.74, 6) is -4.28. The third-order valence-corrected chi connectivity index (χ3v) is 5.56. The van der Waals surface area contributed by atoms with Crippen molar-refractivity contribution < 1.29 is 65.8 Å². The van der Waals surface area contributed by atoms with Crippen LogP contribution in [-0.2, 0) is 45.4 Å². The van der Waals surface area contributed by atoms with Gasteiger partial charge in [-0.15, -0.1) is 0 Å². The molecule has 0 spiro atoms. The van der Waals surface area contributed by atoms with Crippen LogP contribution in [0.25, 0.3) is 0 Å². The first kappa shape index (κ1) is 45.4. The fraction of sp³-hybridized carbons (Fsp3) is 0.786. The van der Waals surface area contributed by atoms with Crippen LogP contribution in [0.2, 0.25) is 0 Å². The van der Waals surface area contributed by atoms with Gasteiger partial charge >= 0.3 is 32.2 Å². The number of unbranched alkanes of at least 4 members (excludes halogenated alkanes) is 3. The molecule has 0 rings (SSSR count). The maximum atomic E-state index is 10.3. The van der Waals surface area contributed by atoms with Crippen molar-refractivity contribution in [2.45, 2.75) is 126 Å². The largest absolute Gasteiger partial charge is 3.00 e. The van der Waals surface area contributed by atoms with E-state index in [-0.39, 0.29) is 49.5 Å². The molecule has 1 N–H and O–H groups in total. The van der Waals surface area contributed by atoms with Crippen LogP contribution in [0.1, 0.15) is 126 Å². The Labute approximate surface area is 244 Å². The first-order chi connectivity index (χ1) is 16.8. The Hall–Kier alpha value is -1.50. The molecule has 0 aromatic carbocycles. The number of carboxylic acid groups (broad SMARTS) is 4. The minimum atomic E-state index is -0.935. The van der Waals surface area contributed by atoms with Gasteiger partial charge in [0.25, 0.3) is 0 Å². The van der Waals surface area contributed by atoms with Crippen LogP contribution in [0, 0.1) is 17.8 Å². The number of aliphatic carboxylic acids is 4. The Balaban J connectivity index is -0.000000124. The van der Waals surface area contributed by atoms with Gasteiger partial charge in [-0.2, -0.15) is 0 Å². The number of carboxylic acids is 4. The van der Waals surface area contributed by atoms with Crippen molar-refractivity contribution in [1.29, 1.82) is 0 Å². The monoisotopic (exact) mass is 605 g/mol. The van der Waals surface area contributed by atoms with Crippen molar-refractivity contribution in [2.75, 3.05) is 0 Å². The van der Waals surface area contributed by atoms with Crippen molar-refractivity contribution >= 4 is 23.9 Å². The van der Waals surface area contributed by atoms with E-state index in [4.69, 9.17) is 5.11 Å². The summed E-state index contributed by atoms with van der Waals surface area (Å²) in [6.07, 6.45) is 10.6. The van der Waals surface area contributed by atoms with Crippen molar-refractivity contribution in [1.82, 2.24) is 0 Å². The van der Waals surface area contributed by atoms with E-state index in [9.17, 15) is 34.5 Å². The molecule has 0 saturated carbocycles. The van der Waals surface area contributed by atoms with Crippen LogP contribution in [0.3, 0.4) is 0 Å². The van der Waals surface area contributed by atoms with Crippen molar-refractivity contribution in [3.8, 4) is 0 Å². The number of carbonyl (C=O) groups is 4. The van der Waals surface area contributed by atoms with Gasteiger partial charge in [-0.1, -0.05) is 86.6 Å². The van der Waals surface area contributed by atoms with Crippen LogP contribution in [0.4, 0.5) is 0 Å². The summed E-state index contributed by atoms with van der Waals surface area (Å²) in [7, 11) is 0. The fourth-order valence-corrected chi connectivity index (χ4v) is 2.82. The topological polar surface area (TPSA) is 158 Å². The predicted molar refractivity (Wildman–Crippen MR) is 137 cm³/mol. The Morgan fingerprint density at radius 2 is 0.811 bits per heavy atom. The summed E-state index contributed by atoms with van der Waals surface area (Å²) in [6.45, 7) is 16.4. The predicted octanol–water partition coefficient (Wildman–Crippen LogP) is 3.50. The van der Waals surface area contributed by atoms with Crippen molar-refractivity contribution in [3.63, 3.8) is 0 Å². The molecule has 215 valence electrons. The molecule has 3 unspecified atom stereocenters. The Bertz CT molecular complexity index is 519. The van der Waals surface area contributed by atoms with Crippen LogP contribution in [0.15, 0.2) is 12.2 Å². The quantitative estimate of drug-likeness (QED) is 0.262. The van der Waals surface area contributed by atoms with Gasteiger partial charge in [-0.25, -0.2) is 4.79 Å². The zero-order chi connectivity index (χ0) is 29.1. The molecule has 0 heterocycles. The van der Waals surface area contributed by atoms with Gasteiger partial charge in [0.1, 0.15) is 0 Å². The smallest absolute Gasteiger partial charge is 0.550 e. The summed E-state index contributed by atoms with van der Waals surface area (Å²) in [4.78, 5) is 40.6. The molecule has 0 aliphatic heterocycles. The maximum Gasteiger partial charge on any atom is 3.00 e. The molecule has 0 saturated heterocycles. The van der Waals surface area contributed by atoms with Crippen LogP contribution in [-0.4, -0.2) is 29.0 Å². The van der Waals surface area contributed by atoms with Gasteiger partial charge in [-0.3, -0.25) is 0 Å². The van der Waals surface area contributed by atoms with E-state index in [1.807, 2.05) is 20.8 Å². The van der Waals surface area contributed by atoms with E-state index in [1.165, 1.54) is 6.92 Å². The standard InChI is InChI=1S/3C8H16O2.C4H6O2.Zr/c3*1-3-5-6-7(4-2)8(9)10;1-3(2)4(5)6;/h3*7H,3-6H2,1-2H3,(H,9,10);1H2,2H3,(H,5,6);/q;;;;+3/p-3. The molecule has 0 aromatic heterocycles. The normalized spacial score (nSPS) is 11.8. The summed E-state index contributed by atoms with van der Waals surface area (Å²) in [6, 6.07) is 0. The molecule has 0 aliphatic carbocycles.